The second-order valence-electron chi connectivity index (χ2n) is 14.3. The molecule has 258 valence electrons. The van der Waals surface area contributed by atoms with Crippen molar-refractivity contribution in [3.8, 4) is 29.2 Å². The smallest absolute Gasteiger partial charge is 0.145 e. The van der Waals surface area contributed by atoms with Gasteiger partial charge in [-0.1, -0.05) is 91.0 Å². The summed E-state index contributed by atoms with van der Waals surface area (Å²) < 4.78 is 13.6. The lowest BCUT2D eigenvalue weighted by molar-refractivity contribution is 0.673. The van der Waals surface area contributed by atoms with Crippen LogP contribution in [0.25, 0.3) is 104 Å². The first-order valence-corrected chi connectivity index (χ1v) is 18.6. The van der Waals surface area contributed by atoms with Gasteiger partial charge in [0.1, 0.15) is 23.3 Å². The Hall–Kier alpha value is -8.06. The zero-order valence-electron chi connectivity index (χ0n) is 29.7. The molecule has 8 aromatic carbocycles. The van der Waals surface area contributed by atoms with E-state index in [1.807, 2.05) is 42.5 Å². The Labute approximate surface area is 319 Å². The summed E-state index contributed by atoms with van der Waals surface area (Å²) >= 11 is 0. The zero-order chi connectivity index (χ0) is 37.1. The molecule has 0 aliphatic carbocycles. The second kappa shape index (κ2) is 11.2. The molecule has 4 heterocycles. The molecule has 0 saturated carbocycles. The molecule has 0 spiro atoms. The average molecular weight is 714 g/mol. The lowest BCUT2D eigenvalue weighted by Crippen LogP contribution is -2.05. The molecule has 12 aromatic rings. The molecule has 0 amide bonds. The van der Waals surface area contributed by atoms with Gasteiger partial charge in [-0.2, -0.15) is 10.5 Å². The molecule has 0 saturated heterocycles. The lowest BCUT2D eigenvalue weighted by Gasteiger charge is -2.18. The minimum Gasteiger partial charge on any atom is -0.455 e. The second-order valence-corrected chi connectivity index (χ2v) is 14.3. The SMILES string of the molecule is N#Cc1cc(-n2c3ccccc3c3ccccc32)c(-n2c3ccc(-n4c5ccccc5c5ccccc54)cc3c3c4oc5ccccc5c4ccc32)cc1C#N. The highest BCUT2D eigenvalue weighted by Gasteiger charge is 2.24. The summed E-state index contributed by atoms with van der Waals surface area (Å²) in [7, 11) is 0. The van der Waals surface area contributed by atoms with Crippen LogP contribution in [0, 0.1) is 22.7 Å². The van der Waals surface area contributed by atoms with Gasteiger partial charge in [0.25, 0.3) is 0 Å². The summed E-state index contributed by atoms with van der Waals surface area (Å²) in [6.45, 7) is 0. The van der Waals surface area contributed by atoms with E-state index in [2.05, 4.69) is 147 Å². The molecule has 56 heavy (non-hydrogen) atoms. The molecule has 12 rings (SSSR count). The van der Waals surface area contributed by atoms with Gasteiger partial charge in [-0.3, -0.25) is 0 Å². The third-order valence-electron chi connectivity index (χ3n) is 11.5. The van der Waals surface area contributed by atoms with Crippen molar-refractivity contribution in [2.24, 2.45) is 0 Å². The van der Waals surface area contributed by atoms with Crippen LogP contribution in [0.2, 0.25) is 0 Å². The molecule has 0 radical (unpaired) electrons. The van der Waals surface area contributed by atoms with Crippen molar-refractivity contribution in [1.29, 1.82) is 10.5 Å². The fraction of sp³-hybridized carbons (Fsp3) is 0. The first kappa shape index (κ1) is 30.4. The molecule has 0 unspecified atom stereocenters. The van der Waals surface area contributed by atoms with Gasteiger partial charge in [0.05, 0.1) is 61.0 Å². The topological polar surface area (TPSA) is 75.5 Å². The van der Waals surface area contributed by atoms with E-state index in [0.717, 1.165) is 93.6 Å². The molecule has 0 bridgehead atoms. The van der Waals surface area contributed by atoms with Gasteiger partial charge < -0.3 is 18.1 Å². The molecule has 0 fully saturated rings. The summed E-state index contributed by atoms with van der Waals surface area (Å²) in [4.78, 5) is 0. The van der Waals surface area contributed by atoms with Crippen LogP contribution in [-0.4, -0.2) is 13.7 Å². The fourth-order valence-electron chi connectivity index (χ4n) is 9.18. The number of hydrogen-bond donors (Lipinski definition) is 0. The maximum atomic E-state index is 10.5. The van der Waals surface area contributed by atoms with Crippen LogP contribution in [0.5, 0.6) is 0 Å². The zero-order valence-corrected chi connectivity index (χ0v) is 29.7. The molecular formula is C50H27N5O. The maximum Gasteiger partial charge on any atom is 0.145 e. The predicted molar refractivity (Wildman–Crippen MR) is 226 cm³/mol. The first-order chi connectivity index (χ1) is 27.7. The molecule has 0 atom stereocenters. The molecule has 6 nitrogen and oxygen atoms in total. The predicted octanol–water partition coefficient (Wildman–Crippen LogP) is 12.6. The van der Waals surface area contributed by atoms with Crippen molar-refractivity contribution >= 4 is 87.4 Å². The highest BCUT2D eigenvalue weighted by atomic mass is 16.3. The third kappa shape index (κ3) is 3.97. The van der Waals surface area contributed by atoms with Crippen molar-refractivity contribution in [3.05, 3.63) is 175 Å². The molecule has 0 aliphatic rings. The van der Waals surface area contributed by atoms with E-state index in [1.165, 1.54) is 10.8 Å². The lowest BCUT2D eigenvalue weighted by atomic mass is 10.1. The van der Waals surface area contributed by atoms with Gasteiger partial charge in [0, 0.05) is 43.4 Å². The molecule has 0 N–H and O–H groups in total. The number of fused-ring (bicyclic) bond motifs is 13. The average Bonchev–Trinajstić information content (AvgIpc) is 3.99. The molecule has 6 heteroatoms. The van der Waals surface area contributed by atoms with Crippen molar-refractivity contribution in [3.63, 3.8) is 0 Å². The Kier molecular flexibility index (Phi) is 6.10. The van der Waals surface area contributed by atoms with Gasteiger partial charge in [0.2, 0.25) is 0 Å². The number of nitriles is 2. The van der Waals surface area contributed by atoms with Gasteiger partial charge in [-0.25, -0.2) is 0 Å². The van der Waals surface area contributed by atoms with Crippen molar-refractivity contribution in [2.75, 3.05) is 0 Å². The van der Waals surface area contributed by atoms with Crippen LogP contribution in [0.1, 0.15) is 11.1 Å². The number of nitrogens with zero attached hydrogens (tertiary/aromatic N) is 5. The van der Waals surface area contributed by atoms with Gasteiger partial charge >= 0.3 is 0 Å². The number of furan rings is 1. The number of para-hydroxylation sites is 5. The van der Waals surface area contributed by atoms with E-state index in [9.17, 15) is 10.5 Å². The Morgan fingerprint density at radius 1 is 0.375 bits per heavy atom. The quantitative estimate of drug-likeness (QED) is 0.183. The summed E-state index contributed by atoms with van der Waals surface area (Å²) in [5.41, 5.74) is 11.0. The summed E-state index contributed by atoms with van der Waals surface area (Å²) in [6, 6.07) is 61.3. The van der Waals surface area contributed by atoms with Crippen molar-refractivity contribution < 1.29 is 4.42 Å². The summed E-state index contributed by atoms with van der Waals surface area (Å²) in [6.07, 6.45) is 0. The van der Waals surface area contributed by atoms with E-state index in [0.29, 0.717) is 11.1 Å². The normalized spacial score (nSPS) is 11.9. The van der Waals surface area contributed by atoms with Gasteiger partial charge in [-0.05, 0) is 72.8 Å². The van der Waals surface area contributed by atoms with E-state index >= 15 is 0 Å². The number of benzene rings is 8. The molecule has 4 aromatic heterocycles. The fourth-order valence-corrected chi connectivity index (χ4v) is 9.18. The van der Waals surface area contributed by atoms with E-state index in [1.54, 1.807) is 0 Å². The van der Waals surface area contributed by atoms with E-state index < -0.39 is 0 Å². The monoisotopic (exact) mass is 713 g/mol. The highest BCUT2D eigenvalue weighted by molar-refractivity contribution is 6.24. The highest BCUT2D eigenvalue weighted by Crippen LogP contribution is 2.44. The number of rotatable bonds is 3. The third-order valence-corrected chi connectivity index (χ3v) is 11.5. The Balaban J connectivity index is 1.26. The van der Waals surface area contributed by atoms with Gasteiger partial charge in [-0.15, -0.1) is 0 Å². The number of aromatic nitrogens is 3. The summed E-state index contributed by atoms with van der Waals surface area (Å²) in [5, 5.41) is 29.6. The van der Waals surface area contributed by atoms with E-state index in [4.69, 9.17) is 4.42 Å². The van der Waals surface area contributed by atoms with Gasteiger partial charge in [0.15, 0.2) is 0 Å². The van der Waals surface area contributed by atoms with Crippen LogP contribution in [0.3, 0.4) is 0 Å². The van der Waals surface area contributed by atoms with Crippen LogP contribution in [0.15, 0.2) is 168 Å². The minimum atomic E-state index is 0.314. The maximum absolute atomic E-state index is 10.5. The Morgan fingerprint density at radius 3 is 1.38 bits per heavy atom. The molecular weight excluding hydrogens is 687 g/mol. The van der Waals surface area contributed by atoms with Crippen LogP contribution in [0.4, 0.5) is 0 Å². The van der Waals surface area contributed by atoms with Crippen LogP contribution >= 0.6 is 0 Å². The first-order valence-electron chi connectivity index (χ1n) is 18.6. The van der Waals surface area contributed by atoms with Crippen molar-refractivity contribution in [1.82, 2.24) is 13.7 Å². The summed E-state index contributed by atoms with van der Waals surface area (Å²) in [5.74, 6) is 0. The Bertz CT molecular complexity index is 3640. The molecule has 0 aliphatic heterocycles. The van der Waals surface area contributed by atoms with Crippen LogP contribution in [-0.2, 0) is 0 Å². The van der Waals surface area contributed by atoms with Crippen LogP contribution < -0.4 is 0 Å². The van der Waals surface area contributed by atoms with Crippen molar-refractivity contribution in [2.45, 2.75) is 0 Å². The van der Waals surface area contributed by atoms with E-state index in [-0.39, 0.29) is 0 Å². The largest absolute Gasteiger partial charge is 0.455 e. The Morgan fingerprint density at radius 2 is 0.821 bits per heavy atom. The standard InChI is InChI=1S/C50H27N5O/c51-28-30-25-46(54-42-18-8-3-13-35(42)36-14-4-9-19-43(36)54)47(26-31(30)29-52)55-44-23-21-32(53-40-16-6-1-11-33(40)34-12-2-7-17-41(34)53)27-39(44)49-45(55)24-22-38-37-15-5-10-20-48(37)56-50(38)49/h1-27H. The minimum absolute atomic E-state index is 0.314. The number of hydrogen-bond acceptors (Lipinski definition) is 3.